The smallest absolute Gasteiger partial charge is 0.402 e. The summed E-state index contributed by atoms with van der Waals surface area (Å²) < 4.78 is 49.6. The van der Waals surface area contributed by atoms with Crippen LogP contribution in [0.3, 0.4) is 0 Å². The van der Waals surface area contributed by atoms with E-state index in [-0.39, 0.29) is 5.82 Å². The summed E-state index contributed by atoms with van der Waals surface area (Å²) in [5, 5.41) is 0. The molecule has 0 bridgehead atoms. The monoisotopic (exact) mass is 421 g/mol. The fourth-order valence-corrected chi connectivity index (χ4v) is 4.90. The molecule has 10 heteroatoms. The summed E-state index contributed by atoms with van der Waals surface area (Å²) >= 11 is 0. The molecule has 2 N–H and O–H groups in total. The molecular weight excluding hydrogens is 399 g/mol. The summed E-state index contributed by atoms with van der Waals surface area (Å²) in [6, 6.07) is 2.25. The van der Waals surface area contributed by atoms with Gasteiger partial charge in [0.15, 0.2) is 11.6 Å². The molecule has 6 rings (SSSR count). The van der Waals surface area contributed by atoms with Crippen LogP contribution in [0.2, 0.25) is 0 Å². The van der Waals surface area contributed by atoms with Gasteiger partial charge < -0.3 is 19.8 Å². The van der Waals surface area contributed by atoms with Crippen LogP contribution in [0.4, 0.5) is 19.0 Å². The number of anilines is 1. The minimum Gasteiger partial charge on any atom is -0.402 e. The first kappa shape index (κ1) is 18.4. The van der Waals surface area contributed by atoms with Crippen molar-refractivity contribution < 1.29 is 22.6 Å². The molecule has 2 saturated heterocycles. The normalized spacial score (nSPS) is 29.0. The van der Waals surface area contributed by atoms with E-state index in [2.05, 4.69) is 19.2 Å². The predicted octanol–water partition coefficient (Wildman–Crippen LogP) is 2.80. The number of halogens is 3. The molecule has 2 aliphatic heterocycles. The number of hydrogen-bond donors (Lipinski definition) is 1. The summed E-state index contributed by atoms with van der Waals surface area (Å²) in [5.74, 6) is 1.90. The summed E-state index contributed by atoms with van der Waals surface area (Å²) in [6.45, 7) is 3.82. The van der Waals surface area contributed by atoms with Crippen molar-refractivity contribution in [2.45, 2.75) is 37.2 Å². The Hall–Kier alpha value is -2.33. The summed E-state index contributed by atoms with van der Waals surface area (Å²) in [7, 11) is 0. The van der Waals surface area contributed by atoms with E-state index in [1.807, 2.05) is 6.20 Å². The SMILES string of the molecule is Nc1ncc(-c2cn([C@@H]3[C@@H]4CN(C5COC5)C[C@@H]43)c(C3CC3)n2)cc1OC(F)(F)F. The molecule has 160 valence electrons. The zero-order valence-corrected chi connectivity index (χ0v) is 16.2. The average molecular weight is 421 g/mol. The van der Waals surface area contributed by atoms with Crippen molar-refractivity contribution in [1.82, 2.24) is 19.4 Å². The van der Waals surface area contributed by atoms with Crippen LogP contribution in [-0.4, -0.2) is 58.1 Å². The fourth-order valence-electron chi connectivity index (χ4n) is 4.90. The number of ether oxygens (including phenoxy) is 2. The maximum atomic E-state index is 12.7. The fraction of sp³-hybridized carbons (Fsp3) is 0.600. The number of hydrogen-bond acceptors (Lipinski definition) is 6. The lowest BCUT2D eigenvalue weighted by atomic mass is 10.2. The van der Waals surface area contributed by atoms with Crippen LogP contribution in [0.1, 0.15) is 30.6 Å². The molecule has 2 aromatic heterocycles. The first-order chi connectivity index (χ1) is 14.4. The van der Waals surface area contributed by atoms with Gasteiger partial charge in [-0.15, -0.1) is 13.2 Å². The topological polar surface area (TPSA) is 78.4 Å². The number of aromatic nitrogens is 3. The molecule has 3 atom stereocenters. The van der Waals surface area contributed by atoms with Gasteiger partial charge in [0.25, 0.3) is 0 Å². The molecular formula is C20H22F3N5O2. The van der Waals surface area contributed by atoms with Crippen LogP contribution in [0, 0.1) is 11.8 Å². The Morgan fingerprint density at radius 1 is 1.17 bits per heavy atom. The lowest BCUT2D eigenvalue weighted by Crippen LogP contribution is -2.49. The van der Waals surface area contributed by atoms with Gasteiger partial charge in [0.1, 0.15) is 5.82 Å². The number of pyridine rings is 1. The number of rotatable bonds is 5. The standard InChI is InChI=1S/C20H22F3N5O2/c21-20(22,23)30-16-3-11(4-25-18(16)24)15-7-28(19(26-15)10-1-2-10)17-13-5-27(6-14(13)17)12-8-29-9-12/h3-4,7,10,12-14,17H,1-2,5-6,8-9H2,(H2,24,25)/t13-,14+,17-. The van der Waals surface area contributed by atoms with Gasteiger partial charge in [0.2, 0.25) is 0 Å². The van der Waals surface area contributed by atoms with Crippen LogP contribution in [-0.2, 0) is 4.74 Å². The third-order valence-corrected chi connectivity index (χ3v) is 6.74. The van der Waals surface area contributed by atoms with E-state index in [1.165, 1.54) is 12.3 Å². The third-order valence-electron chi connectivity index (χ3n) is 6.74. The lowest BCUT2D eigenvalue weighted by molar-refractivity contribution is -0.274. The van der Waals surface area contributed by atoms with Gasteiger partial charge in [0, 0.05) is 43.0 Å². The summed E-state index contributed by atoms with van der Waals surface area (Å²) in [6.07, 6.45) is 0.806. The van der Waals surface area contributed by atoms with E-state index < -0.39 is 12.1 Å². The maximum Gasteiger partial charge on any atom is 0.573 e. The van der Waals surface area contributed by atoms with Crippen LogP contribution in [0.25, 0.3) is 11.3 Å². The van der Waals surface area contributed by atoms with Crippen LogP contribution in [0.5, 0.6) is 5.75 Å². The Balaban J connectivity index is 1.27. The Morgan fingerprint density at radius 2 is 1.90 bits per heavy atom. The van der Waals surface area contributed by atoms with Gasteiger partial charge in [0.05, 0.1) is 24.9 Å². The van der Waals surface area contributed by atoms with Crippen LogP contribution in [0.15, 0.2) is 18.5 Å². The van der Waals surface area contributed by atoms with E-state index in [9.17, 15) is 13.2 Å². The Labute approximate surface area is 171 Å². The molecule has 0 aromatic carbocycles. The zero-order valence-electron chi connectivity index (χ0n) is 16.2. The van der Waals surface area contributed by atoms with E-state index in [0.717, 1.165) is 45.0 Å². The number of imidazole rings is 1. The second-order valence-electron chi connectivity index (χ2n) is 8.78. The largest absolute Gasteiger partial charge is 0.573 e. The highest BCUT2D eigenvalue weighted by Crippen LogP contribution is 2.58. The molecule has 4 heterocycles. The molecule has 7 nitrogen and oxygen atoms in total. The van der Waals surface area contributed by atoms with E-state index in [0.29, 0.717) is 41.1 Å². The highest BCUT2D eigenvalue weighted by atomic mass is 19.4. The molecule has 4 fully saturated rings. The number of nitrogens with zero attached hydrogens (tertiary/aromatic N) is 4. The predicted molar refractivity (Wildman–Crippen MR) is 101 cm³/mol. The molecule has 2 saturated carbocycles. The van der Waals surface area contributed by atoms with Crippen molar-refractivity contribution in [3.63, 3.8) is 0 Å². The van der Waals surface area contributed by atoms with Gasteiger partial charge in [-0.3, -0.25) is 4.90 Å². The van der Waals surface area contributed by atoms with Crippen molar-refractivity contribution in [2.24, 2.45) is 11.8 Å². The van der Waals surface area contributed by atoms with Gasteiger partial charge >= 0.3 is 6.36 Å². The molecule has 2 aromatic rings. The van der Waals surface area contributed by atoms with Crippen molar-refractivity contribution >= 4 is 5.82 Å². The number of fused-ring (bicyclic) bond motifs is 1. The molecule has 0 unspecified atom stereocenters. The highest BCUT2D eigenvalue weighted by molar-refractivity contribution is 5.64. The first-order valence-corrected chi connectivity index (χ1v) is 10.3. The Morgan fingerprint density at radius 3 is 2.50 bits per heavy atom. The molecule has 0 radical (unpaired) electrons. The number of piperidine rings is 1. The highest BCUT2D eigenvalue weighted by Gasteiger charge is 2.59. The van der Waals surface area contributed by atoms with Crippen molar-refractivity contribution in [3.8, 4) is 17.0 Å². The number of nitrogens with two attached hydrogens (primary N) is 1. The van der Waals surface area contributed by atoms with E-state index in [4.69, 9.17) is 15.5 Å². The summed E-state index contributed by atoms with van der Waals surface area (Å²) in [4.78, 5) is 11.2. The average Bonchev–Trinajstić information content (AvgIpc) is 3.50. The maximum absolute atomic E-state index is 12.7. The second-order valence-corrected chi connectivity index (χ2v) is 8.78. The number of likely N-dealkylation sites (tertiary alicyclic amines) is 1. The Bertz CT molecular complexity index is 973. The van der Waals surface area contributed by atoms with Crippen molar-refractivity contribution in [1.29, 1.82) is 0 Å². The van der Waals surface area contributed by atoms with Crippen LogP contribution < -0.4 is 10.5 Å². The molecule has 4 aliphatic rings. The van der Waals surface area contributed by atoms with E-state index >= 15 is 0 Å². The van der Waals surface area contributed by atoms with E-state index in [1.54, 1.807) is 0 Å². The van der Waals surface area contributed by atoms with Gasteiger partial charge in [-0.2, -0.15) is 0 Å². The van der Waals surface area contributed by atoms with Gasteiger partial charge in [-0.1, -0.05) is 0 Å². The summed E-state index contributed by atoms with van der Waals surface area (Å²) in [5.41, 5.74) is 6.66. The van der Waals surface area contributed by atoms with Crippen molar-refractivity contribution in [3.05, 3.63) is 24.3 Å². The van der Waals surface area contributed by atoms with Gasteiger partial charge in [-0.25, -0.2) is 9.97 Å². The zero-order chi connectivity index (χ0) is 20.6. The molecule has 0 amide bonds. The molecule has 2 aliphatic carbocycles. The first-order valence-electron chi connectivity index (χ1n) is 10.3. The number of alkyl halides is 3. The number of nitrogen functional groups attached to an aromatic ring is 1. The Kier molecular flexibility index (Phi) is 3.89. The van der Waals surface area contributed by atoms with Crippen molar-refractivity contribution in [2.75, 3.05) is 32.0 Å². The molecule has 0 spiro atoms. The lowest BCUT2D eigenvalue weighted by Gasteiger charge is -2.36. The van der Waals surface area contributed by atoms with Crippen LogP contribution >= 0.6 is 0 Å². The van der Waals surface area contributed by atoms with Gasteiger partial charge in [-0.05, 0) is 30.7 Å². The second kappa shape index (κ2) is 6.34. The molecule has 30 heavy (non-hydrogen) atoms. The minimum atomic E-state index is -4.82. The minimum absolute atomic E-state index is 0.297. The third kappa shape index (κ3) is 3.13. The quantitative estimate of drug-likeness (QED) is 0.800.